The monoisotopic (exact) mass is 230 g/mol. The van der Waals surface area contributed by atoms with E-state index >= 15 is 0 Å². The lowest BCUT2D eigenvalue weighted by atomic mass is 10.1. The van der Waals surface area contributed by atoms with E-state index in [0.717, 1.165) is 12.2 Å². The van der Waals surface area contributed by atoms with Crippen molar-refractivity contribution in [2.24, 2.45) is 5.92 Å². The fraction of sp³-hybridized carbons (Fsp3) is 0.923. The van der Waals surface area contributed by atoms with Crippen LogP contribution < -0.4 is 0 Å². The molecule has 0 aromatic rings. The zero-order valence-corrected chi connectivity index (χ0v) is 11.4. The minimum atomic E-state index is 0.245. The van der Waals surface area contributed by atoms with Crippen LogP contribution in [0.5, 0.6) is 0 Å². The van der Waals surface area contributed by atoms with Gasteiger partial charge in [-0.2, -0.15) is 0 Å². The molecule has 0 spiro atoms. The summed E-state index contributed by atoms with van der Waals surface area (Å²) >= 11 is 1.53. The van der Waals surface area contributed by atoms with Gasteiger partial charge in [0, 0.05) is 11.7 Å². The molecule has 0 aromatic heterocycles. The summed E-state index contributed by atoms with van der Waals surface area (Å²) in [6, 6.07) is 0. The summed E-state index contributed by atoms with van der Waals surface area (Å²) in [6.07, 6.45) is 8.84. The van der Waals surface area contributed by atoms with Gasteiger partial charge in [-0.3, -0.25) is 4.79 Å². The average Bonchev–Trinajstić information content (AvgIpc) is 2.26. The largest absolute Gasteiger partial charge is 0.287 e. The Labute approximate surface area is 99.4 Å². The van der Waals surface area contributed by atoms with Gasteiger partial charge in [-0.25, -0.2) is 0 Å². The quantitative estimate of drug-likeness (QED) is 0.536. The van der Waals surface area contributed by atoms with Crippen LogP contribution in [0.15, 0.2) is 0 Å². The van der Waals surface area contributed by atoms with Gasteiger partial charge in [-0.05, 0) is 12.8 Å². The van der Waals surface area contributed by atoms with Crippen molar-refractivity contribution in [2.75, 3.05) is 5.75 Å². The molecule has 90 valence electrons. The minimum absolute atomic E-state index is 0.245. The first-order chi connectivity index (χ1) is 7.22. The van der Waals surface area contributed by atoms with Gasteiger partial charge in [0.1, 0.15) is 0 Å². The molecular weight excluding hydrogens is 204 g/mol. The Morgan fingerprint density at radius 1 is 1.07 bits per heavy atom. The fourth-order valence-corrected chi connectivity index (χ4v) is 2.36. The van der Waals surface area contributed by atoms with Crippen molar-refractivity contribution in [3.05, 3.63) is 0 Å². The lowest BCUT2D eigenvalue weighted by Crippen LogP contribution is -2.05. The molecular formula is C13H26OS. The van der Waals surface area contributed by atoms with Gasteiger partial charge in [-0.1, -0.05) is 64.6 Å². The van der Waals surface area contributed by atoms with E-state index in [4.69, 9.17) is 0 Å². The number of unbranched alkanes of at least 4 members (excludes halogenated alkanes) is 5. The van der Waals surface area contributed by atoms with E-state index in [-0.39, 0.29) is 5.92 Å². The van der Waals surface area contributed by atoms with Crippen LogP contribution in [0.3, 0.4) is 0 Å². The third-order valence-electron chi connectivity index (χ3n) is 2.76. The lowest BCUT2D eigenvalue weighted by molar-refractivity contribution is -0.113. The maximum absolute atomic E-state index is 11.5. The molecule has 0 radical (unpaired) electrons. The molecule has 15 heavy (non-hydrogen) atoms. The second kappa shape index (κ2) is 10.5. The molecule has 0 aliphatic carbocycles. The van der Waals surface area contributed by atoms with Crippen molar-refractivity contribution in [1.29, 1.82) is 0 Å². The summed E-state index contributed by atoms with van der Waals surface area (Å²) < 4.78 is 0. The Kier molecular flexibility index (Phi) is 10.5. The number of carbonyl (C=O) groups excluding carboxylic acids is 1. The lowest BCUT2D eigenvalue weighted by Gasteiger charge is -2.06. The number of rotatable bonds is 9. The van der Waals surface area contributed by atoms with Crippen LogP contribution >= 0.6 is 11.8 Å². The molecule has 0 aliphatic rings. The van der Waals surface area contributed by atoms with Crippen molar-refractivity contribution in [3.63, 3.8) is 0 Å². The summed E-state index contributed by atoms with van der Waals surface area (Å²) in [5.74, 6) is 1.27. The van der Waals surface area contributed by atoms with Crippen molar-refractivity contribution in [3.8, 4) is 0 Å². The highest BCUT2D eigenvalue weighted by molar-refractivity contribution is 8.13. The maximum Gasteiger partial charge on any atom is 0.191 e. The molecule has 0 aromatic carbocycles. The highest BCUT2D eigenvalue weighted by atomic mass is 32.2. The maximum atomic E-state index is 11.5. The third-order valence-corrected chi connectivity index (χ3v) is 3.94. The molecule has 0 rings (SSSR count). The molecule has 1 unspecified atom stereocenters. The van der Waals surface area contributed by atoms with E-state index in [1.54, 1.807) is 0 Å². The summed E-state index contributed by atoms with van der Waals surface area (Å²) in [5, 5.41) is 0.381. The Morgan fingerprint density at radius 3 is 2.27 bits per heavy atom. The Morgan fingerprint density at radius 2 is 1.67 bits per heavy atom. The van der Waals surface area contributed by atoms with E-state index in [1.165, 1.54) is 50.3 Å². The van der Waals surface area contributed by atoms with Gasteiger partial charge in [0.05, 0.1) is 0 Å². The molecule has 0 N–H and O–H groups in total. The van der Waals surface area contributed by atoms with Gasteiger partial charge in [0.15, 0.2) is 5.12 Å². The summed E-state index contributed by atoms with van der Waals surface area (Å²) in [5.41, 5.74) is 0. The van der Waals surface area contributed by atoms with E-state index in [0.29, 0.717) is 5.12 Å². The molecule has 2 heteroatoms. The van der Waals surface area contributed by atoms with E-state index < -0.39 is 0 Å². The van der Waals surface area contributed by atoms with Crippen molar-refractivity contribution in [1.82, 2.24) is 0 Å². The molecule has 0 saturated carbocycles. The predicted molar refractivity (Wildman–Crippen MR) is 70.3 cm³/mol. The molecule has 0 saturated heterocycles. The first kappa shape index (κ1) is 15.0. The van der Waals surface area contributed by atoms with Crippen LogP contribution in [0.2, 0.25) is 0 Å². The van der Waals surface area contributed by atoms with Crippen LogP contribution in [-0.2, 0) is 4.79 Å². The Hall–Kier alpha value is 0.0200. The SMILES string of the molecule is CCCCCCCCSC(=O)C(C)CC. The van der Waals surface area contributed by atoms with Gasteiger partial charge in [0.2, 0.25) is 0 Å². The van der Waals surface area contributed by atoms with Gasteiger partial charge in [-0.15, -0.1) is 0 Å². The predicted octanol–water partition coefficient (Wildman–Crippen LogP) is 4.65. The Balaban J connectivity index is 3.20. The first-order valence-electron chi connectivity index (χ1n) is 6.39. The van der Waals surface area contributed by atoms with Gasteiger partial charge >= 0.3 is 0 Å². The molecule has 1 nitrogen and oxygen atoms in total. The normalized spacial score (nSPS) is 12.7. The Bertz CT molecular complexity index is 157. The van der Waals surface area contributed by atoms with Crippen molar-refractivity contribution >= 4 is 16.9 Å². The molecule has 0 heterocycles. The van der Waals surface area contributed by atoms with E-state index in [2.05, 4.69) is 13.8 Å². The summed E-state index contributed by atoms with van der Waals surface area (Å²) in [7, 11) is 0. The van der Waals surface area contributed by atoms with Crippen LogP contribution in [0.25, 0.3) is 0 Å². The number of carbonyl (C=O) groups is 1. The average molecular weight is 230 g/mol. The zero-order valence-electron chi connectivity index (χ0n) is 10.6. The highest BCUT2D eigenvalue weighted by Gasteiger charge is 2.09. The van der Waals surface area contributed by atoms with Crippen LogP contribution in [-0.4, -0.2) is 10.9 Å². The fourth-order valence-electron chi connectivity index (χ4n) is 1.36. The second-order valence-corrected chi connectivity index (χ2v) is 5.34. The highest BCUT2D eigenvalue weighted by Crippen LogP contribution is 2.16. The standard InChI is InChI=1S/C13H26OS/c1-4-6-7-8-9-10-11-15-13(14)12(3)5-2/h12H,4-11H2,1-3H3. The first-order valence-corrected chi connectivity index (χ1v) is 7.37. The molecule has 1 atom stereocenters. The topological polar surface area (TPSA) is 17.1 Å². The smallest absolute Gasteiger partial charge is 0.191 e. The molecule has 0 aliphatic heterocycles. The molecule has 0 amide bonds. The minimum Gasteiger partial charge on any atom is -0.287 e. The van der Waals surface area contributed by atoms with Crippen LogP contribution in [0, 0.1) is 5.92 Å². The van der Waals surface area contributed by atoms with Crippen molar-refractivity contribution in [2.45, 2.75) is 65.7 Å². The van der Waals surface area contributed by atoms with Crippen LogP contribution in [0.4, 0.5) is 0 Å². The molecule has 0 bridgehead atoms. The summed E-state index contributed by atoms with van der Waals surface area (Å²) in [4.78, 5) is 11.5. The van der Waals surface area contributed by atoms with Crippen LogP contribution in [0.1, 0.15) is 65.7 Å². The number of hydrogen-bond acceptors (Lipinski definition) is 2. The van der Waals surface area contributed by atoms with Gasteiger partial charge < -0.3 is 0 Å². The van der Waals surface area contributed by atoms with E-state index in [1.807, 2.05) is 6.92 Å². The second-order valence-electron chi connectivity index (χ2n) is 4.24. The number of thioether (sulfide) groups is 1. The number of hydrogen-bond donors (Lipinski definition) is 0. The summed E-state index contributed by atoms with van der Waals surface area (Å²) in [6.45, 7) is 6.34. The van der Waals surface area contributed by atoms with Crippen molar-refractivity contribution < 1.29 is 4.79 Å². The van der Waals surface area contributed by atoms with E-state index in [9.17, 15) is 4.79 Å². The van der Waals surface area contributed by atoms with Gasteiger partial charge in [0.25, 0.3) is 0 Å². The zero-order chi connectivity index (χ0) is 11.5. The third kappa shape index (κ3) is 8.98. The molecule has 0 fully saturated rings.